The maximum atomic E-state index is 11.8. The Kier molecular flexibility index (Phi) is 2.56. The van der Waals surface area contributed by atoms with Gasteiger partial charge in [0.1, 0.15) is 0 Å². The van der Waals surface area contributed by atoms with E-state index in [1.165, 1.54) is 0 Å². The van der Waals surface area contributed by atoms with Crippen LogP contribution in [0.5, 0.6) is 0 Å². The molecule has 1 heterocycles. The van der Waals surface area contributed by atoms with Gasteiger partial charge >= 0.3 is 6.18 Å². The lowest BCUT2D eigenvalue weighted by Gasteiger charge is -2.24. The van der Waals surface area contributed by atoms with Crippen LogP contribution in [-0.4, -0.2) is 31.2 Å². The molecule has 0 radical (unpaired) electrons. The molecule has 0 bridgehead atoms. The molecule has 1 saturated heterocycles. The van der Waals surface area contributed by atoms with E-state index in [1.807, 2.05) is 0 Å². The first kappa shape index (κ1) is 9.31. The Bertz CT molecular complexity index is 180. The molecular weight excluding hydrogens is 173 g/mol. The van der Waals surface area contributed by atoms with E-state index in [9.17, 15) is 18.0 Å². The average Bonchev–Trinajstić information content (AvgIpc) is 1.91. The number of carbonyl (C=O) groups is 1. The van der Waals surface area contributed by atoms with Gasteiger partial charge in [0.15, 0.2) is 0 Å². The van der Waals surface area contributed by atoms with Crippen molar-refractivity contribution in [3.8, 4) is 0 Å². The third-order valence-corrected chi connectivity index (χ3v) is 1.57. The second-order valence-corrected chi connectivity index (χ2v) is 2.62. The highest BCUT2D eigenvalue weighted by Gasteiger charge is 2.36. The van der Waals surface area contributed by atoms with Gasteiger partial charge < -0.3 is 10.6 Å². The fraction of sp³-hybridized carbons (Fsp3) is 0.833. The molecule has 70 valence electrons. The molecule has 12 heavy (non-hydrogen) atoms. The van der Waals surface area contributed by atoms with Crippen molar-refractivity contribution in [2.45, 2.75) is 18.6 Å². The molecule has 2 N–H and O–H groups in total. The molecule has 1 atom stereocenters. The molecule has 0 aromatic rings. The zero-order valence-corrected chi connectivity index (χ0v) is 6.24. The van der Waals surface area contributed by atoms with Crippen LogP contribution < -0.4 is 10.6 Å². The number of halogens is 3. The van der Waals surface area contributed by atoms with Gasteiger partial charge in [-0.3, -0.25) is 4.79 Å². The van der Waals surface area contributed by atoms with Crippen molar-refractivity contribution in [1.82, 2.24) is 10.6 Å². The molecule has 1 aliphatic heterocycles. The summed E-state index contributed by atoms with van der Waals surface area (Å²) in [6, 6.07) is -1.11. The summed E-state index contributed by atoms with van der Waals surface area (Å²) in [5, 5.41) is 4.85. The summed E-state index contributed by atoms with van der Waals surface area (Å²) in [6.07, 6.45) is -5.38. The van der Waals surface area contributed by atoms with E-state index in [2.05, 4.69) is 10.6 Å². The summed E-state index contributed by atoms with van der Waals surface area (Å²) in [5.74, 6) is -0.571. The summed E-state index contributed by atoms with van der Waals surface area (Å²) in [5.41, 5.74) is 0. The maximum Gasteiger partial charge on any atom is 0.391 e. The van der Waals surface area contributed by atoms with Gasteiger partial charge in [-0.1, -0.05) is 0 Å². The second-order valence-electron chi connectivity index (χ2n) is 2.62. The van der Waals surface area contributed by atoms with E-state index in [1.54, 1.807) is 0 Å². The Labute approximate surface area is 67.3 Å². The Balaban J connectivity index is 2.45. The van der Waals surface area contributed by atoms with Crippen molar-refractivity contribution < 1.29 is 18.0 Å². The molecule has 0 aliphatic carbocycles. The molecule has 6 heteroatoms. The van der Waals surface area contributed by atoms with Gasteiger partial charge in [-0.05, 0) is 0 Å². The zero-order chi connectivity index (χ0) is 9.19. The molecule has 1 fully saturated rings. The molecule has 0 unspecified atom stereocenters. The smallest absolute Gasteiger partial charge is 0.353 e. The number of amides is 1. The van der Waals surface area contributed by atoms with Crippen LogP contribution in [-0.2, 0) is 4.79 Å². The lowest BCUT2D eigenvalue weighted by molar-refractivity contribution is -0.150. The fourth-order valence-corrected chi connectivity index (χ4v) is 1.04. The molecule has 1 aliphatic rings. The minimum atomic E-state index is -4.29. The van der Waals surface area contributed by atoms with Crippen molar-refractivity contribution in [1.29, 1.82) is 0 Å². The van der Waals surface area contributed by atoms with Crippen LogP contribution in [0.25, 0.3) is 0 Å². The number of hydrogen-bond acceptors (Lipinski definition) is 2. The van der Waals surface area contributed by atoms with Crippen LogP contribution >= 0.6 is 0 Å². The number of nitrogens with one attached hydrogen (secondary N) is 2. The van der Waals surface area contributed by atoms with Crippen LogP contribution in [0.2, 0.25) is 0 Å². The predicted octanol–water partition coefficient (Wildman–Crippen LogP) is 0.0268. The van der Waals surface area contributed by atoms with E-state index in [-0.39, 0.29) is 0 Å². The Morgan fingerprint density at radius 3 is 2.58 bits per heavy atom. The third-order valence-electron chi connectivity index (χ3n) is 1.57. The van der Waals surface area contributed by atoms with Crippen molar-refractivity contribution in [2.75, 3.05) is 13.1 Å². The van der Waals surface area contributed by atoms with Gasteiger partial charge in [0.25, 0.3) is 0 Å². The highest BCUT2D eigenvalue weighted by molar-refractivity contribution is 5.82. The van der Waals surface area contributed by atoms with Gasteiger partial charge in [0.2, 0.25) is 5.91 Å². The molecule has 0 saturated carbocycles. The highest BCUT2D eigenvalue weighted by atomic mass is 19.4. The monoisotopic (exact) mass is 182 g/mol. The Morgan fingerprint density at radius 2 is 2.08 bits per heavy atom. The molecular formula is C6H9F3N2O. The molecule has 0 aromatic carbocycles. The summed E-state index contributed by atoms with van der Waals surface area (Å²) < 4.78 is 35.4. The first-order valence-electron chi connectivity index (χ1n) is 3.57. The van der Waals surface area contributed by atoms with Crippen LogP contribution in [0.1, 0.15) is 6.42 Å². The first-order valence-corrected chi connectivity index (χ1v) is 3.57. The summed E-state index contributed by atoms with van der Waals surface area (Å²) >= 11 is 0. The third kappa shape index (κ3) is 2.69. The van der Waals surface area contributed by atoms with Crippen LogP contribution in [0.4, 0.5) is 13.2 Å². The second kappa shape index (κ2) is 3.30. The molecule has 1 rings (SSSR count). The largest absolute Gasteiger partial charge is 0.391 e. The topological polar surface area (TPSA) is 41.1 Å². The Hall–Kier alpha value is -0.780. The van der Waals surface area contributed by atoms with Crippen molar-refractivity contribution in [2.24, 2.45) is 0 Å². The lowest BCUT2D eigenvalue weighted by atomic mass is 10.1. The van der Waals surface area contributed by atoms with Crippen molar-refractivity contribution in [3.05, 3.63) is 0 Å². The number of carbonyl (C=O) groups excluding carboxylic acids is 1. The van der Waals surface area contributed by atoms with E-state index in [0.29, 0.717) is 13.1 Å². The molecule has 0 aromatic heterocycles. The summed E-state index contributed by atoms with van der Waals surface area (Å²) in [6.45, 7) is 0.791. The van der Waals surface area contributed by atoms with Gasteiger partial charge in [-0.2, -0.15) is 13.2 Å². The summed E-state index contributed by atoms with van der Waals surface area (Å²) in [7, 11) is 0. The lowest BCUT2D eigenvalue weighted by Crippen LogP contribution is -2.54. The molecule has 1 amide bonds. The van der Waals surface area contributed by atoms with E-state index in [4.69, 9.17) is 0 Å². The van der Waals surface area contributed by atoms with Crippen LogP contribution in [0.15, 0.2) is 0 Å². The van der Waals surface area contributed by atoms with Gasteiger partial charge in [0, 0.05) is 13.1 Å². The quantitative estimate of drug-likeness (QED) is 0.600. The minimum absolute atomic E-state index is 0.395. The normalized spacial score (nSPS) is 25.2. The van der Waals surface area contributed by atoms with E-state index < -0.39 is 24.5 Å². The minimum Gasteiger partial charge on any atom is -0.353 e. The van der Waals surface area contributed by atoms with E-state index >= 15 is 0 Å². The maximum absolute atomic E-state index is 11.8. The highest BCUT2D eigenvalue weighted by Crippen LogP contribution is 2.21. The number of alkyl halides is 3. The Morgan fingerprint density at radius 1 is 1.42 bits per heavy atom. The van der Waals surface area contributed by atoms with E-state index in [0.717, 1.165) is 0 Å². The van der Waals surface area contributed by atoms with Gasteiger partial charge in [-0.15, -0.1) is 0 Å². The first-order chi connectivity index (χ1) is 5.49. The van der Waals surface area contributed by atoms with Crippen molar-refractivity contribution in [3.63, 3.8) is 0 Å². The van der Waals surface area contributed by atoms with Gasteiger partial charge in [0.05, 0.1) is 12.5 Å². The fourth-order valence-electron chi connectivity index (χ4n) is 1.04. The van der Waals surface area contributed by atoms with Crippen molar-refractivity contribution >= 4 is 5.91 Å². The SMILES string of the molecule is O=C1NCCN[C@H]1CC(F)(F)F. The molecule has 0 spiro atoms. The van der Waals surface area contributed by atoms with Gasteiger partial charge in [-0.25, -0.2) is 0 Å². The standard InChI is InChI=1S/C6H9F3N2O/c7-6(8,9)3-4-5(12)11-2-1-10-4/h4,10H,1-3H2,(H,11,12)/t4-/m0/s1. The van der Waals surface area contributed by atoms with Crippen LogP contribution in [0, 0.1) is 0 Å². The zero-order valence-electron chi connectivity index (χ0n) is 6.24. The number of rotatable bonds is 1. The summed E-state index contributed by atoms with van der Waals surface area (Å²) in [4.78, 5) is 10.8. The average molecular weight is 182 g/mol. The number of hydrogen-bond donors (Lipinski definition) is 2. The van der Waals surface area contributed by atoms with Crippen LogP contribution in [0.3, 0.4) is 0 Å². The number of piperazine rings is 1. The molecule has 3 nitrogen and oxygen atoms in total. The predicted molar refractivity (Wildman–Crippen MR) is 35.5 cm³/mol.